The van der Waals surface area contributed by atoms with Gasteiger partial charge in [-0.3, -0.25) is 0 Å². The van der Waals surface area contributed by atoms with Gasteiger partial charge < -0.3 is 4.52 Å². The Morgan fingerprint density at radius 2 is 1.87 bits per heavy atom. The first-order chi connectivity index (χ1) is 10.8. The Balaban J connectivity index is 1.87. The third-order valence-corrected chi connectivity index (χ3v) is 7.00. The van der Waals surface area contributed by atoms with Gasteiger partial charge in [-0.1, -0.05) is 11.6 Å². The summed E-state index contributed by atoms with van der Waals surface area (Å²) in [5.74, 6) is -0.0950. The fraction of sp³-hybridized carbons (Fsp3) is 0.462. The number of nitrogens with zero attached hydrogens (tertiary/aromatic N) is 2. The molecule has 0 saturated carbocycles. The molecule has 0 N–H and O–H groups in total. The number of rotatable bonds is 3. The molecular weight excluding hydrogens is 353 g/mol. The van der Waals surface area contributed by atoms with Gasteiger partial charge in [0, 0.05) is 19.2 Å². The maximum Gasteiger partial charge on any atom is 0.436 e. The van der Waals surface area contributed by atoms with Crippen LogP contribution in [0.1, 0.15) is 25.0 Å². The highest BCUT2D eigenvalue weighted by molar-refractivity contribution is 7.91. The number of piperidine rings is 1. The Labute approximate surface area is 134 Å². The molecule has 0 unspecified atom stereocenters. The third kappa shape index (κ3) is 3.29. The van der Waals surface area contributed by atoms with Crippen LogP contribution in [0.4, 0.5) is 13.2 Å². The van der Waals surface area contributed by atoms with Gasteiger partial charge in [0.05, 0.1) is 4.88 Å². The van der Waals surface area contributed by atoms with Gasteiger partial charge in [0.15, 0.2) is 11.5 Å². The number of alkyl halides is 3. The summed E-state index contributed by atoms with van der Waals surface area (Å²) in [5, 5.41) is 2.97. The van der Waals surface area contributed by atoms with Crippen molar-refractivity contribution in [1.82, 2.24) is 9.46 Å². The zero-order chi connectivity index (χ0) is 16.7. The molecular formula is C13H13F3N2O3S2. The Bertz CT molecular complexity index is 789. The minimum Gasteiger partial charge on any atom is -0.355 e. The normalized spacial score (nSPS) is 17.5. The zero-order valence-electron chi connectivity index (χ0n) is 11.8. The predicted octanol–water partition coefficient (Wildman–Crippen LogP) is 3.60. The summed E-state index contributed by atoms with van der Waals surface area (Å²) in [7, 11) is -3.60. The Morgan fingerprint density at radius 3 is 2.48 bits per heavy atom. The fourth-order valence-electron chi connectivity index (χ4n) is 2.35. The average molecular weight is 366 g/mol. The van der Waals surface area contributed by atoms with E-state index < -0.39 is 21.9 Å². The molecule has 0 aliphatic carbocycles. The number of hydrogen-bond acceptors (Lipinski definition) is 5. The summed E-state index contributed by atoms with van der Waals surface area (Å²) in [6, 6.07) is 3.59. The van der Waals surface area contributed by atoms with Gasteiger partial charge in [0.25, 0.3) is 10.0 Å². The van der Waals surface area contributed by atoms with E-state index >= 15 is 0 Å². The van der Waals surface area contributed by atoms with Crippen LogP contribution < -0.4 is 0 Å². The van der Waals surface area contributed by atoms with Crippen LogP contribution >= 0.6 is 11.3 Å². The topological polar surface area (TPSA) is 63.4 Å². The quantitative estimate of drug-likeness (QED) is 0.833. The SMILES string of the molecule is O=S(=O)(c1ccc(-c2cc(C(F)(F)F)no2)s1)N1CCCCC1. The molecule has 3 rings (SSSR count). The zero-order valence-corrected chi connectivity index (χ0v) is 13.5. The second-order valence-electron chi connectivity index (χ2n) is 5.16. The van der Waals surface area contributed by atoms with Gasteiger partial charge in [-0.2, -0.15) is 17.5 Å². The molecule has 2 aromatic heterocycles. The van der Waals surface area contributed by atoms with Gasteiger partial charge in [-0.25, -0.2) is 8.42 Å². The molecule has 0 atom stereocenters. The van der Waals surface area contributed by atoms with Crippen molar-refractivity contribution in [1.29, 1.82) is 0 Å². The first-order valence-corrected chi connectivity index (χ1v) is 9.18. The van der Waals surface area contributed by atoms with Gasteiger partial charge in [-0.05, 0) is 25.0 Å². The smallest absolute Gasteiger partial charge is 0.355 e. The minimum absolute atomic E-state index is 0.0950. The lowest BCUT2D eigenvalue weighted by atomic mass is 10.2. The van der Waals surface area contributed by atoms with Gasteiger partial charge >= 0.3 is 6.18 Å². The highest BCUT2D eigenvalue weighted by atomic mass is 32.2. The van der Waals surface area contributed by atoms with Crippen LogP contribution in [0, 0.1) is 0 Å². The maximum absolute atomic E-state index is 12.5. The van der Waals surface area contributed by atoms with E-state index in [2.05, 4.69) is 9.68 Å². The molecule has 0 spiro atoms. The second kappa shape index (κ2) is 5.91. The van der Waals surface area contributed by atoms with Crippen LogP contribution in [-0.2, 0) is 16.2 Å². The number of halogens is 3. The van der Waals surface area contributed by atoms with E-state index in [4.69, 9.17) is 0 Å². The Morgan fingerprint density at radius 1 is 1.17 bits per heavy atom. The molecule has 126 valence electrons. The van der Waals surface area contributed by atoms with Crippen molar-refractivity contribution < 1.29 is 26.1 Å². The molecule has 2 aromatic rings. The molecule has 1 aliphatic heterocycles. The van der Waals surface area contributed by atoms with Crippen LogP contribution in [0.2, 0.25) is 0 Å². The van der Waals surface area contributed by atoms with Crippen molar-refractivity contribution in [3.8, 4) is 10.6 Å². The summed E-state index contributed by atoms with van der Waals surface area (Å²) in [6.07, 6.45) is -1.97. The molecule has 0 bridgehead atoms. The molecule has 10 heteroatoms. The lowest BCUT2D eigenvalue weighted by Crippen LogP contribution is -2.35. The number of sulfonamides is 1. The molecule has 1 fully saturated rings. The van der Waals surface area contributed by atoms with Crippen LogP contribution in [0.25, 0.3) is 10.6 Å². The third-order valence-electron chi connectivity index (χ3n) is 3.53. The van der Waals surface area contributed by atoms with Crippen molar-refractivity contribution in [2.45, 2.75) is 29.6 Å². The highest BCUT2D eigenvalue weighted by Gasteiger charge is 2.35. The number of hydrogen-bond donors (Lipinski definition) is 0. The Kier molecular flexibility index (Phi) is 4.23. The standard InChI is InChI=1S/C13H13F3N2O3S2/c14-13(15,16)11-8-9(21-17-11)10-4-5-12(22-10)23(19,20)18-6-2-1-3-7-18/h4-5,8H,1-3,6-7H2. The van der Waals surface area contributed by atoms with Gasteiger partial charge in [0.2, 0.25) is 0 Å². The van der Waals surface area contributed by atoms with E-state index in [0.29, 0.717) is 18.0 Å². The summed E-state index contributed by atoms with van der Waals surface area (Å²) in [4.78, 5) is 0.295. The highest BCUT2D eigenvalue weighted by Crippen LogP contribution is 2.36. The molecule has 0 amide bonds. The molecule has 0 radical (unpaired) electrons. The predicted molar refractivity (Wildman–Crippen MR) is 77.4 cm³/mol. The minimum atomic E-state index is -4.60. The van der Waals surface area contributed by atoms with E-state index in [0.717, 1.165) is 36.7 Å². The fourth-order valence-corrected chi connectivity index (χ4v) is 5.27. The average Bonchev–Trinajstić information content (AvgIpc) is 3.16. The molecule has 5 nitrogen and oxygen atoms in total. The summed E-state index contributed by atoms with van der Waals surface area (Å²) >= 11 is 0.880. The lowest BCUT2D eigenvalue weighted by Gasteiger charge is -2.25. The lowest BCUT2D eigenvalue weighted by molar-refractivity contribution is -0.142. The van der Waals surface area contributed by atoms with Crippen molar-refractivity contribution in [3.05, 3.63) is 23.9 Å². The first-order valence-electron chi connectivity index (χ1n) is 6.93. The summed E-state index contributed by atoms with van der Waals surface area (Å²) in [6.45, 7) is 0.937. The number of aromatic nitrogens is 1. The second-order valence-corrected chi connectivity index (χ2v) is 8.41. The van der Waals surface area contributed by atoms with Crippen LogP contribution in [0.15, 0.2) is 26.9 Å². The van der Waals surface area contributed by atoms with Gasteiger partial charge in [0.1, 0.15) is 4.21 Å². The number of thiophene rings is 1. The van der Waals surface area contributed by atoms with E-state index in [1.807, 2.05) is 0 Å². The van der Waals surface area contributed by atoms with E-state index in [1.165, 1.54) is 16.4 Å². The van der Waals surface area contributed by atoms with Crippen molar-refractivity contribution in [2.24, 2.45) is 0 Å². The molecule has 1 aliphatic rings. The van der Waals surface area contributed by atoms with Crippen molar-refractivity contribution in [2.75, 3.05) is 13.1 Å². The van der Waals surface area contributed by atoms with Crippen LogP contribution in [-0.4, -0.2) is 31.0 Å². The molecule has 0 aromatic carbocycles. The van der Waals surface area contributed by atoms with E-state index in [9.17, 15) is 21.6 Å². The molecule has 3 heterocycles. The molecule has 1 saturated heterocycles. The Hall–Kier alpha value is -1.39. The van der Waals surface area contributed by atoms with Crippen molar-refractivity contribution in [3.63, 3.8) is 0 Å². The van der Waals surface area contributed by atoms with E-state index in [1.54, 1.807) is 0 Å². The van der Waals surface area contributed by atoms with Crippen LogP contribution in [0.3, 0.4) is 0 Å². The monoisotopic (exact) mass is 366 g/mol. The molecule has 23 heavy (non-hydrogen) atoms. The van der Waals surface area contributed by atoms with Gasteiger partial charge in [-0.15, -0.1) is 11.3 Å². The largest absolute Gasteiger partial charge is 0.436 e. The summed E-state index contributed by atoms with van der Waals surface area (Å²) in [5.41, 5.74) is -1.14. The maximum atomic E-state index is 12.5. The van der Waals surface area contributed by atoms with Crippen molar-refractivity contribution >= 4 is 21.4 Å². The summed E-state index contributed by atoms with van der Waals surface area (Å²) < 4.78 is 68.8. The van der Waals surface area contributed by atoms with E-state index in [-0.39, 0.29) is 9.97 Å². The van der Waals surface area contributed by atoms with Crippen LogP contribution in [0.5, 0.6) is 0 Å². The first kappa shape index (κ1) is 16.5.